The van der Waals surface area contributed by atoms with E-state index in [2.05, 4.69) is 56.7 Å². The Labute approximate surface area is 111 Å². The fraction of sp³-hybridized carbons (Fsp3) is 0.857. The predicted molar refractivity (Wildman–Crippen MR) is 82.4 cm³/mol. The maximum Gasteiger partial charge on any atom is 0.0705 e. The van der Waals surface area contributed by atoms with Crippen LogP contribution in [0.25, 0.3) is 0 Å². The van der Waals surface area contributed by atoms with E-state index in [1.54, 1.807) is 0 Å². The lowest BCUT2D eigenvalue weighted by atomic mass is 10.0. The quantitative estimate of drug-likeness (QED) is 0.337. The molecule has 2 nitrogen and oxygen atoms in total. The summed E-state index contributed by atoms with van der Waals surface area (Å²) in [6.07, 6.45) is 1.29. The van der Waals surface area contributed by atoms with Gasteiger partial charge in [0.15, 0.2) is 0 Å². The normalized spacial score (nSPS) is 13.1. The Balaban J connectivity index is 4.82. The Hall–Kier alpha value is -0.123. The first-order valence-electron chi connectivity index (χ1n) is 7.21. The van der Waals surface area contributed by atoms with Crippen molar-refractivity contribution in [2.24, 2.45) is 0 Å². The molecule has 102 valence electrons. The first kappa shape index (κ1) is 16.9. The van der Waals surface area contributed by atoms with E-state index in [-0.39, 0.29) is 15.2 Å². The monoisotopic (exact) mass is 256 g/mol. The average molecular weight is 257 g/mol. The molecule has 0 heterocycles. The molecular weight excluding hydrogens is 224 g/mol. The molecular formula is C14H32N2Si. The molecule has 0 unspecified atom stereocenters. The van der Waals surface area contributed by atoms with Gasteiger partial charge in [0, 0.05) is 9.52 Å². The summed E-state index contributed by atoms with van der Waals surface area (Å²) in [6.45, 7) is 20.0. The second-order valence-electron chi connectivity index (χ2n) is 4.74. The van der Waals surface area contributed by atoms with E-state index in [4.69, 9.17) is 0 Å². The summed E-state index contributed by atoms with van der Waals surface area (Å²) in [4.78, 5) is 5.22. The van der Waals surface area contributed by atoms with Crippen LogP contribution in [0.5, 0.6) is 0 Å². The molecule has 0 aliphatic heterocycles. The topological polar surface area (TPSA) is 6.48 Å². The highest BCUT2D eigenvalue weighted by atomic mass is 28.2. The zero-order chi connectivity index (χ0) is 13.3. The summed E-state index contributed by atoms with van der Waals surface area (Å²) in [5, 5.41) is 0. The molecule has 0 saturated heterocycles. The van der Waals surface area contributed by atoms with Crippen LogP contribution in [0.15, 0.2) is 12.3 Å². The lowest BCUT2D eigenvalue weighted by Crippen LogP contribution is -2.58. The highest BCUT2D eigenvalue weighted by Gasteiger charge is 2.33. The number of hydrogen-bond acceptors (Lipinski definition) is 2. The van der Waals surface area contributed by atoms with Crippen LogP contribution in [0.2, 0.25) is 6.04 Å². The van der Waals surface area contributed by atoms with Crippen molar-refractivity contribution in [3.8, 4) is 0 Å². The minimum atomic E-state index is -0.0421. The second-order valence-corrected chi connectivity index (χ2v) is 6.60. The van der Waals surface area contributed by atoms with Gasteiger partial charge in [-0.1, -0.05) is 33.7 Å². The van der Waals surface area contributed by atoms with Gasteiger partial charge in [-0.05, 0) is 39.5 Å². The molecule has 0 rings (SSSR count). The van der Waals surface area contributed by atoms with Crippen LogP contribution in [-0.2, 0) is 0 Å². The van der Waals surface area contributed by atoms with Crippen LogP contribution in [0.1, 0.15) is 41.0 Å². The fourth-order valence-corrected chi connectivity index (χ4v) is 4.07. The Bertz CT molecular complexity index is 186. The molecule has 17 heavy (non-hydrogen) atoms. The van der Waals surface area contributed by atoms with Gasteiger partial charge in [-0.15, -0.1) is 12.3 Å². The Morgan fingerprint density at radius 3 is 1.71 bits per heavy atom. The van der Waals surface area contributed by atoms with Gasteiger partial charge in [0.1, 0.15) is 0 Å². The predicted octanol–water partition coefficient (Wildman–Crippen LogP) is 2.51. The van der Waals surface area contributed by atoms with Gasteiger partial charge in [0.05, 0.1) is 5.66 Å². The van der Waals surface area contributed by atoms with Crippen molar-refractivity contribution < 1.29 is 0 Å². The summed E-state index contributed by atoms with van der Waals surface area (Å²) >= 11 is 0. The minimum absolute atomic E-state index is 0.0421. The molecule has 0 aromatic rings. The van der Waals surface area contributed by atoms with Gasteiger partial charge in [-0.2, -0.15) is 0 Å². The van der Waals surface area contributed by atoms with E-state index in [1.165, 1.54) is 12.5 Å². The summed E-state index contributed by atoms with van der Waals surface area (Å²) in [5.41, 5.74) is 2.41. The zero-order valence-corrected chi connectivity index (χ0v) is 14.0. The number of hydrogen-bond donors (Lipinski definition) is 0. The van der Waals surface area contributed by atoms with Crippen LogP contribution in [0.3, 0.4) is 0 Å². The summed E-state index contributed by atoms with van der Waals surface area (Å²) in [5.74, 6) is 0. The molecule has 0 aliphatic rings. The minimum Gasteiger partial charge on any atom is -0.286 e. The van der Waals surface area contributed by atoms with Crippen molar-refractivity contribution in [1.82, 2.24) is 9.80 Å². The second kappa shape index (κ2) is 8.89. The third-order valence-electron chi connectivity index (χ3n) is 3.95. The molecule has 0 N–H and O–H groups in total. The van der Waals surface area contributed by atoms with Crippen LogP contribution in [-0.4, -0.2) is 51.2 Å². The Morgan fingerprint density at radius 2 is 1.41 bits per heavy atom. The van der Waals surface area contributed by atoms with Gasteiger partial charge < -0.3 is 0 Å². The van der Waals surface area contributed by atoms with Crippen molar-refractivity contribution in [3.05, 3.63) is 12.3 Å². The lowest BCUT2D eigenvalue weighted by molar-refractivity contribution is -0.0385. The summed E-state index contributed by atoms with van der Waals surface area (Å²) < 4.78 is 0. The maximum atomic E-state index is 3.89. The van der Waals surface area contributed by atoms with E-state index in [1.807, 2.05) is 0 Å². The molecule has 3 heteroatoms. The molecule has 0 spiro atoms. The van der Waals surface area contributed by atoms with Crippen molar-refractivity contribution in [3.63, 3.8) is 0 Å². The Kier molecular flexibility index (Phi) is 8.83. The van der Waals surface area contributed by atoms with Crippen LogP contribution in [0, 0.1) is 0 Å². The van der Waals surface area contributed by atoms with E-state index in [9.17, 15) is 0 Å². The van der Waals surface area contributed by atoms with Crippen molar-refractivity contribution >= 4 is 9.52 Å². The van der Waals surface area contributed by atoms with Crippen molar-refractivity contribution in [1.29, 1.82) is 0 Å². The largest absolute Gasteiger partial charge is 0.286 e. The number of rotatable bonds is 10. The molecule has 0 radical (unpaired) electrons. The van der Waals surface area contributed by atoms with Crippen LogP contribution < -0.4 is 0 Å². The molecule has 0 amide bonds. The van der Waals surface area contributed by atoms with E-state index >= 15 is 0 Å². The molecule has 0 saturated carbocycles. The van der Waals surface area contributed by atoms with E-state index in [0.717, 1.165) is 26.2 Å². The average Bonchev–Trinajstić information content (AvgIpc) is 2.32. The smallest absolute Gasteiger partial charge is 0.0705 e. The standard InChI is InChI=1S/C14H32N2Si/c1-7-15(8-2)14(6,12-13-17-11-5)16(9-3)10-4/h11H,5,7-10,12-13,17H2,1-4,6H3. The lowest BCUT2D eigenvalue weighted by Gasteiger charge is -2.48. The Morgan fingerprint density at radius 1 is 1.00 bits per heavy atom. The highest BCUT2D eigenvalue weighted by Crippen LogP contribution is 2.25. The van der Waals surface area contributed by atoms with Crippen molar-refractivity contribution in [2.45, 2.75) is 52.7 Å². The van der Waals surface area contributed by atoms with E-state index < -0.39 is 0 Å². The molecule has 0 aromatic carbocycles. The highest BCUT2D eigenvalue weighted by molar-refractivity contribution is 6.41. The van der Waals surface area contributed by atoms with Gasteiger partial charge >= 0.3 is 0 Å². The summed E-state index contributed by atoms with van der Waals surface area (Å²) in [6, 6.07) is 1.37. The third-order valence-corrected chi connectivity index (χ3v) is 5.12. The van der Waals surface area contributed by atoms with Gasteiger partial charge in [-0.3, -0.25) is 9.80 Å². The SMILES string of the molecule is C=C[SiH2]CCC(C)(N(CC)CC)N(CC)CC. The molecule has 0 bridgehead atoms. The maximum absolute atomic E-state index is 3.89. The van der Waals surface area contributed by atoms with Gasteiger partial charge in [0.2, 0.25) is 0 Å². The van der Waals surface area contributed by atoms with Gasteiger partial charge in [-0.25, -0.2) is 0 Å². The van der Waals surface area contributed by atoms with E-state index in [0.29, 0.717) is 0 Å². The molecule has 0 atom stereocenters. The first-order valence-corrected chi connectivity index (χ1v) is 9.03. The van der Waals surface area contributed by atoms with Crippen LogP contribution in [0.4, 0.5) is 0 Å². The fourth-order valence-electron chi connectivity index (χ4n) is 2.91. The molecule has 0 fully saturated rings. The zero-order valence-electron chi connectivity index (χ0n) is 12.6. The van der Waals surface area contributed by atoms with Crippen molar-refractivity contribution in [2.75, 3.05) is 26.2 Å². The first-order chi connectivity index (χ1) is 8.10. The summed E-state index contributed by atoms with van der Waals surface area (Å²) in [7, 11) is -0.0421. The number of nitrogens with zero attached hydrogens (tertiary/aromatic N) is 2. The van der Waals surface area contributed by atoms with Gasteiger partial charge in [0.25, 0.3) is 0 Å². The molecule has 0 aromatic heterocycles. The van der Waals surface area contributed by atoms with Crippen LogP contribution >= 0.6 is 0 Å². The third kappa shape index (κ3) is 4.57. The molecule has 0 aliphatic carbocycles.